The van der Waals surface area contributed by atoms with Crippen LogP contribution in [0.1, 0.15) is 16.1 Å². The van der Waals surface area contributed by atoms with Crippen molar-refractivity contribution in [2.24, 2.45) is 0 Å². The van der Waals surface area contributed by atoms with Crippen molar-refractivity contribution < 1.29 is 14.3 Å². The van der Waals surface area contributed by atoms with Gasteiger partial charge in [-0.05, 0) is 42.8 Å². The minimum atomic E-state index is -0.298. The lowest BCUT2D eigenvalue weighted by Crippen LogP contribution is -2.28. The van der Waals surface area contributed by atoms with Crippen LogP contribution in [0.3, 0.4) is 0 Å². The van der Waals surface area contributed by atoms with Crippen molar-refractivity contribution >= 4 is 17.4 Å². The van der Waals surface area contributed by atoms with Crippen molar-refractivity contribution in [3.8, 4) is 11.5 Å². The van der Waals surface area contributed by atoms with Crippen LogP contribution in [-0.4, -0.2) is 36.1 Å². The maximum absolute atomic E-state index is 12.2. The van der Waals surface area contributed by atoms with Crippen LogP contribution < -0.4 is 20.1 Å². The molecule has 1 heterocycles. The smallest absolute Gasteiger partial charge is 0.271 e. The maximum atomic E-state index is 12.2. The third-order valence-electron chi connectivity index (χ3n) is 4.01. The molecule has 0 saturated carbocycles. The molecule has 7 nitrogen and oxygen atoms in total. The molecule has 0 saturated heterocycles. The molecule has 0 aliphatic carbocycles. The molecular weight excluding hydrogens is 356 g/mol. The molecule has 7 heteroatoms. The summed E-state index contributed by atoms with van der Waals surface area (Å²) in [4.78, 5) is 20.6. The van der Waals surface area contributed by atoms with Gasteiger partial charge in [-0.2, -0.15) is 0 Å². The second-order valence-corrected chi connectivity index (χ2v) is 6.01. The van der Waals surface area contributed by atoms with Gasteiger partial charge in [0.05, 0.1) is 26.0 Å². The molecule has 0 bridgehead atoms. The Balaban J connectivity index is 1.45. The first-order valence-electron chi connectivity index (χ1n) is 8.85. The summed E-state index contributed by atoms with van der Waals surface area (Å²) in [5.41, 5.74) is 2.30. The number of para-hydroxylation sites is 1. The molecule has 0 fully saturated rings. The minimum absolute atomic E-state index is 0.250. The van der Waals surface area contributed by atoms with Crippen molar-refractivity contribution in [1.82, 2.24) is 15.3 Å². The fourth-order valence-corrected chi connectivity index (χ4v) is 2.46. The highest BCUT2D eigenvalue weighted by atomic mass is 16.5. The number of hydrogen-bond donors (Lipinski definition) is 2. The molecule has 2 aromatic carbocycles. The van der Waals surface area contributed by atoms with Crippen molar-refractivity contribution in [3.63, 3.8) is 0 Å². The van der Waals surface area contributed by atoms with E-state index in [-0.39, 0.29) is 11.6 Å². The normalized spacial score (nSPS) is 10.2. The number of carbonyl (C=O) groups excluding carboxylic acids is 1. The molecule has 0 aliphatic rings. The van der Waals surface area contributed by atoms with Gasteiger partial charge in [0.25, 0.3) is 5.91 Å². The van der Waals surface area contributed by atoms with Crippen LogP contribution in [0.25, 0.3) is 0 Å². The van der Waals surface area contributed by atoms with Gasteiger partial charge in [0.1, 0.15) is 29.6 Å². The van der Waals surface area contributed by atoms with Crippen molar-refractivity contribution in [2.45, 2.75) is 6.92 Å². The molecule has 3 aromatic rings. The predicted octanol–water partition coefficient (Wildman–Crippen LogP) is 3.35. The summed E-state index contributed by atoms with van der Waals surface area (Å²) in [7, 11) is 1.61. The van der Waals surface area contributed by atoms with Crippen LogP contribution in [0.5, 0.6) is 11.5 Å². The van der Waals surface area contributed by atoms with E-state index in [4.69, 9.17) is 9.47 Å². The summed E-state index contributed by atoms with van der Waals surface area (Å²) in [6.07, 6.45) is 2.98. The first kappa shape index (κ1) is 19.2. The van der Waals surface area contributed by atoms with Gasteiger partial charge in [-0.15, -0.1) is 0 Å². The van der Waals surface area contributed by atoms with Gasteiger partial charge in [-0.1, -0.05) is 18.2 Å². The molecule has 28 heavy (non-hydrogen) atoms. The van der Waals surface area contributed by atoms with Crippen LogP contribution >= 0.6 is 0 Å². The molecule has 0 atom stereocenters. The van der Waals surface area contributed by atoms with Crippen LogP contribution in [0, 0.1) is 6.92 Å². The van der Waals surface area contributed by atoms with E-state index >= 15 is 0 Å². The number of hydrogen-bond acceptors (Lipinski definition) is 6. The van der Waals surface area contributed by atoms with E-state index < -0.39 is 0 Å². The number of ether oxygens (including phenoxy) is 2. The van der Waals surface area contributed by atoms with Crippen LogP contribution in [0.2, 0.25) is 0 Å². The van der Waals surface area contributed by atoms with E-state index in [2.05, 4.69) is 20.6 Å². The summed E-state index contributed by atoms with van der Waals surface area (Å²) >= 11 is 0. The standard InChI is InChI=1S/C21H22N4O3/c1-15-5-3-4-6-18(15)25-20-14-23-19(13-24-20)21(26)22-11-12-28-17-9-7-16(27-2)8-10-17/h3-10,13-14H,11-12H2,1-2H3,(H,22,26)(H,24,25). The summed E-state index contributed by atoms with van der Waals surface area (Å²) in [5, 5.41) is 5.94. The molecule has 2 N–H and O–H groups in total. The average molecular weight is 378 g/mol. The number of amides is 1. The van der Waals surface area contributed by atoms with Crippen LogP contribution in [-0.2, 0) is 0 Å². The summed E-state index contributed by atoms with van der Waals surface area (Å²) in [5.74, 6) is 1.75. The van der Waals surface area contributed by atoms with Gasteiger partial charge in [-0.3, -0.25) is 4.79 Å². The van der Waals surface area contributed by atoms with Gasteiger partial charge >= 0.3 is 0 Å². The number of nitrogens with zero attached hydrogens (tertiary/aromatic N) is 2. The topological polar surface area (TPSA) is 85.4 Å². The molecule has 0 spiro atoms. The average Bonchev–Trinajstić information content (AvgIpc) is 2.73. The first-order chi connectivity index (χ1) is 13.7. The highest BCUT2D eigenvalue weighted by Crippen LogP contribution is 2.18. The Hall–Kier alpha value is -3.61. The number of anilines is 2. The summed E-state index contributed by atoms with van der Waals surface area (Å²) in [6.45, 7) is 2.71. The summed E-state index contributed by atoms with van der Waals surface area (Å²) in [6, 6.07) is 15.1. The SMILES string of the molecule is COc1ccc(OCCNC(=O)c2cnc(Nc3ccccc3C)cn2)cc1. The molecule has 1 aromatic heterocycles. The van der Waals surface area contributed by atoms with Crippen LogP contribution in [0.4, 0.5) is 11.5 Å². The fourth-order valence-electron chi connectivity index (χ4n) is 2.46. The first-order valence-corrected chi connectivity index (χ1v) is 8.85. The Morgan fingerprint density at radius 2 is 1.75 bits per heavy atom. The Bertz CT molecular complexity index is 912. The van der Waals surface area contributed by atoms with Crippen LogP contribution in [0.15, 0.2) is 60.9 Å². The van der Waals surface area contributed by atoms with E-state index in [0.717, 1.165) is 17.0 Å². The molecule has 0 aliphatic heterocycles. The summed E-state index contributed by atoms with van der Waals surface area (Å²) < 4.78 is 10.7. The fraction of sp³-hybridized carbons (Fsp3) is 0.190. The quantitative estimate of drug-likeness (QED) is 0.585. The monoisotopic (exact) mass is 378 g/mol. The molecule has 0 unspecified atom stereocenters. The molecular formula is C21H22N4O3. The van der Waals surface area contributed by atoms with Crippen molar-refractivity contribution in [1.29, 1.82) is 0 Å². The van der Waals surface area contributed by atoms with E-state index in [0.29, 0.717) is 24.7 Å². The zero-order valence-electron chi connectivity index (χ0n) is 15.8. The Kier molecular flexibility index (Phi) is 6.41. The lowest BCUT2D eigenvalue weighted by Gasteiger charge is -2.09. The second kappa shape index (κ2) is 9.36. The maximum Gasteiger partial charge on any atom is 0.271 e. The van der Waals surface area contributed by atoms with E-state index in [9.17, 15) is 4.79 Å². The second-order valence-electron chi connectivity index (χ2n) is 6.01. The highest BCUT2D eigenvalue weighted by molar-refractivity contribution is 5.92. The Morgan fingerprint density at radius 1 is 1.00 bits per heavy atom. The Labute approximate surface area is 163 Å². The van der Waals surface area contributed by atoms with Gasteiger partial charge < -0.3 is 20.1 Å². The van der Waals surface area contributed by atoms with Gasteiger partial charge in [-0.25, -0.2) is 9.97 Å². The van der Waals surface area contributed by atoms with E-state index in [1.54, 1.807) is 7.11 Å². The predicted molar refractivity (Wildman–Crippen MR) is 107 cm³/mol. The van der Waals surface area contributed by atoms with E-state index in [1.807, 2.05) is 55.5 Å². The number of rotatable bonds is 8. The highest BCUT2D eigenvalue weighted by Gasteiger charge is 2.08. The lowest BCUT2D eigenvalue weighted by atomic mass is 10.2. The molecule has 1 amide bonds. The zero-order chi connectivity index (χ0) is 19.8. The number of nitrogens with one attached hydrogen (secondary N) is 2. The number of carbonyl (C=O) groups is 1. The number of aryl methyl sites for hydroxylation is 1. The third kappa shape index (κ3) is 5.20. The number of methoxy groups -OCH3 is 1. The van der Waals surface area contributed by atoms with Crippen molar-refractivity contribution in [2.75, 3.05) is 25.6 Å². The molecule has 144 valence electrons. The van der Waals surface area contributed by atoms with E-state index in [1.165, 1.54) is 12.4 Å². The number of benzene rings is 2. The largest absolute Gasteiger partial charge is 0.497 e. The van der Waals surface area contributed by atoms with Gasteiger partial charge in [0.15, 0.2) is 0 Å². The minimum Gasteiger partial charge on any atom is -0.497 e. The zero-order valence-corrected chi connectivity index (χ0v) is 15.8. The molecule has 3 rings (SSSR count). The number of aromatic nitrogens is 2. The van der Waals surface area contributed by atoms with Gasteiger partial charge in [0.2, 0.25) is 0 Å². The van der Waals surface area contributed by atoms with Crippen molar-refractivity contribution in [3.05, 3.63) is 72.2 Å². The lowest BCUT2D eigenvalue weighted by molar-refractivity contribution is 0.0941. The van der Waals surface area contributed by atoms with Gasteiger partial charge in [0, 0.05) is 5.69 Å². The third-order valence-corrected chi connectivity index (χ3v) is 4.01. The Morgan fingerprint density at radius 3 is 2.43 bits per heavy atom. The molecule has 0 radical (unpaired) electrons.